The summed E-state index contributed by atoms with van der Waals surface area (Å²) in [5, 5.41) is 0. The van der Waals surface area contributed by atoms with Crippen LogP contribution in [0.1, 0.15) is 29.2 Å². The van der Waals surface area contributed by atoms with Crippen LogP contribution in [-0.4, -0.2) is 41.1 Å². The molecule has 6 heteroatoms. The Morgan fingerprint density at radius 1 is 1.00 bits per heavy atom. The standard InChI is InChI=1S/C22H31N3O2S/c1-6-24-11-13-25(14-12-24)21-10-8-7-9-20(21)23-28(26,27)22-18(4)16(2)15-17(3)19(22)5/h7-10,15,23H,6,11-14H2,1-5H3/p+1. The van der Waals surface area contributed by atoms with Crippen molar-refractivity contribution in [2.75, 3.05) is 42.3 Å². The van der Waals surface area contributed by atoms with Crippen molar-refractivity contribution in [1.82, 2.24) is 0 Å². The first-order valence-corrected chi connectivity index (χ1v) is 11.5. The van der Waals surface area contributed by atoms with E-state index in [0.29, 0.717) is 10.6 Å². The van der Waals surface area contributed by atoms with Crippen molar-refractivity contribution < 1.29 is 13.3 Å². The molecule has 0 aromatic heterocycles. The normalized spacial score (nSPS) is 15.7. The van der Waals surface area contributed by atoms with Crippen LogP contribution < -0.4 is 14.5 Å². The quantitative estimate of drug-likeness (QED) is 0.808. The van der Waals surface area contributed by atoms with Gasteiger partial charge in [0.2, 0.25) is 0 Å². The van der Waals surface area contributed by atoms with Gasteiger partial charge in [0.15, 0.2) is 0 Å². The molecule has 0 saturated carbocycles. The number of benzene rings is 2. The van der Waals surface area contributed by atoms with Crippen molar-refractivity contribution in [2.24, 2.45) is 0 Å². The van der Waals surface area contributed by atoms with Gasteiger partial charge < -0.3 is 9.80 Å². The fourth-order valence-corrected chi connectivity index (χ4v) is 5.73. The number of hydrogen-bond acceptors (Lipinski definition) is 3. The molecule has 0 aliphatic carbocycles. The van der Waals surface area contributed by atoms with Gasteiger partial charge in [0, 0.05) is 0 Å². The Hall–Kier alpha value is -2.05. The molecule has 1 aliphatic heterocycles. The third-order valence-electron chi connectivity index (χ3n) is 6.03. The van der Waals surface area contributed by atoms with E-state index < -0.39 is 10.0 Å². The van der Waals surface area contributed by atoms with Crippen LogP contribution >= 0.6 is 0 Å². The Morgan fingerprint density at radius 2 is 1.57 bits per heavy atom. The smallest absolute Gasteiger partial charge is 0.262 e. The zero-order valence-electron chi connectivity index (χ0n) is 17.6. The third kappa shape index (κ3) is 4.03. The second-order valence-corrected chi connectivity index (χ2v) is 9.42. The van der Waals surface area contributed by atoms with Crippen LogP contribution in [-0.2, 0) is 10.0 Å². The van der Waals surface area contributed by atoms with Crippen LogP contribution in [0, 0.1) is 27.7 Å². The molecule has 1 saturated heterocycles. The number of nitrogens with one attached hydrogen (secondary N) is 2. The first kappa shape index (κ1) is 20.7. The van der Waals surface area contributed by atoms with E-state index in [9.17, 15) is 8.42 Å². The van der Waals surface area contributed by atoms with Crippen LogP contribution in [0.3, 0.4) is 0 Å². The van der Waals surface area contributed by atoms with E-state index >= 15 is 0 Å². The lowest BCUT2D eigenvalue weighted by Gasteiger charge is -2.34. The summed E-state index contributed by atoms with van der Waals surface area (Å²) in [6, 6.07) is 9.78. The lowest BCUT2D eigenvalue weighted by Crippen LogP contribution is -3.14. The summed E-state index contributed by atoms with van der Waals surface area (Å²) >= 11 is 0. The Labute approximate surface area is 169 Å². The van der Waals surface area contributed by atoms with Crippen molar-refractivity contribution in [3.05, 3.63) is 52.6 Å². The van der Waals surface area contributed by atoms with Gasteiger partial charge in [0.05, 0.1) is 49.0 Å². The Balaban J connectivity index is 1.95. The summed E-state index contributed by atoms with van der Waals surface area (Å²) < 4.78 is 29.6. The molecule has 2 N–H and O–H groups in total. The van der Waals surface area contributed by atoms with Crippen LogP contribution in [0.25, 0.3) is 0 Å². The fraction of sp³-hybridized carbons (Fsp3) is 0.455. The second kappa shape index (κ2) is 8.13. The number of nitrogens with zero attached hydrogens (tertiary/aromatic N) is 1. The first-order valence-electron chi connectivity index (χ1n) is 10.0. The highest BCUT2D eigenvalue weighted by atomic mass is 32.2. The van der Waals surface area contributed by atoms with Crippen molar-refractivity contribution >= 4 is 21.4 Å². The molecule has 1 aliphatic rings. The molecule has 2 aromatic carbocycles. The van der Waals surface area contributed by atoms with E-state index in [-0.39, 0.29) is 0 Å². The molecule has 0 unspecified atom stereocenters. The molecular weight excluding hydrogens is 370 g/mol. The molecule has 0 spiro atoms. The minimum Gasteiger partial charge on any atom is -0.359 e. The number of hydrogen-bond donors (Lipinski definition) is 2. The van der Waals surface area contributed by atoms with E-state index in [1.165, 1.54) is 0 Å². The van der Waals surface area contributed by atoms with Crippen molar-refractivity contribution in [3.8, 4) is 0 Å². The average Bonchev–Trinajstić information content (AvgIpc) is 2.67. The predicted octanol–water partition coefficient (Wildman–Crippen LogP) is 2.45. The van der Waals surface area contributed by atoms with Gasteiger partial charge in [0.1, 0.15) is 0 Å². The predicted molar refractivity (Wildman–Crippen MR) is 116 cm³/mol. The minimum atomic E-state index is -3.68. The van der Waals surface area contributed by atoms with E-state index in [4.69, 9.17) is 0 Å². The van der Waals surface area contributed by atoms with Gasteiger partial charge in [-0.15, -0.1) is 0 Å². The maximum atomic E-state index is 13.3. The first-order chi connectivity index (χ1) is 13.2. The molecule has 0 bridgehead atoms. The number of sulfonamides is 1. The van der Waals surface area contributed by atoms with Gasteiger partial charge in [-0.3, -0.25) is 4.72 Å². The lowest BCUT2D eigenvalue weighted by atomic mass is 10.0. The molecule has 1 heterocycles. The number of rotatable bonds is 5. The zero-order valence-corrected chi connectivity index (χ0v) is 18.4. The van der Waals surface area contributed by atoms with E-state index in [2.05, 4.69) is 16.5 Å². The van der Waals surface area contributed by atoms with Gasteiger partial charge >= 0.3 is 0 Å². The fourth-order valence-electron chi connectivity index (χ4n) is 4.03. The SMILES string of the molecule is CC[NH+]1CCN(c2ccccc2NS(=O)(=O)c2c(C)c(C)cc(C)c2C)CC1. The van der Waals surface area contributed by atoms with Gasteiger partial charge in [-0.25, -0.2) is 8.42 Å². The molecule has 0 amide bonds. The maximum absolute atomic E-state index is 13.3. The van der Waals surface area contributed by atoms with Gasteiger partial charge in [0.25, 0.3) is 10.0 Å². The highest BCUT2D eigenvalue weighted by molar-refractivity contribution is 7.92. The van der Waals surface area contributed by atoms with Crippen LogP contribution in [0.5, 0.6) is 0 Å². The summed E-state index contributed by atoms with van der Waals surface area (Å²) in [5.41, 5.74) is 5.23. The number of aryl methyl sites for hydroxylation is 2. The molecule has 5 nitrogen and oxygen atoms in total. The molecule has 2 aromatic rings. The van der Waals surface area contributed by atoms with E-state index in [1.54, 1.807) is 4.90 Å². The highest BCUT2D eigenvalue weighted by Gasteiger charge is 2.25. The summed E-state index contributed by atoms with van der Waals surface area (Å²) in [5.74, 6) is 0. The van der Waals surface area contributed by atoms with Crippen molar-refractivity contribution in [2.45, 2.75) is 39.5 Å². The molecule has 1 fully saturated rings. The van der Waals surface area contributed by atoms with Crippen molar-refractivity contribution in [1.29, 1.82) is 0 Å². The van der Waals surface area contributed by atoms with Gasteiger partial charge in [-0.1, -0.05) is 18.2 Å². The topological polar surface area (TPSA) is 53.9 Å². The van der Waals surface area contributed by atoms with Gasteiger partial charge in [-0.05, 0) is 69.0 Å². The molecule has 0 atom stereocenters. The lowest BCUT2D eigenvalue weighted by molar-refractivity contribution is -0.898. The number of anilines is 2. The largest absolute Gasteiger partial charge is 0.359 e. The summed E-state index contributed by atoms with van der Waals surface area (Å²) in [6.45, 7) is 15.1. The molecule has 28 heavy (non-hydrogen) atoms. The van der Waals surface area contributed by atoms with E-state index in [0.717, 1.165) is 60.7 Å². The van der Waals surface area contributed by atoms with Gasteiger partial charge in [-0.2, -0.15) is 0 Å². The monoisotopic (exact) mass is 402 g/mol. The Morgan fingerprint density at radius 3 is 2.14 bits per heavy atom. The summed E-state index contributed by atoms with van der Waals surface area (Å²) in [6.07, 6.45) is 0. The zero-order chi connectivity index (χ0) is 20.5. The van der Waals surface area contributed by atoms with Crippen LogP contribution in [0.4, 0.5) is 11.4 Å². The summed E-state index contributed by atoms with van der Waals surface area (Å²) in [7, 11) is -3.68. The summed E-state index contributed by atoms with van der Waals surface area (Å²) in [4.78, 5) is 4.29. The highest BCUT2D eigenvalue weighted by Crippen LogP contribution is 2.31. The van der Waals surface area contributed by atoms with Crippen molar-refractivity contribution in [3.63, 3.8) is 0 Å². The number of piperazine rings is 1. The maximum Gasteiger partial charge on any atom is 0.262 e. The molecule has 152 valence electrons. The molecule has 0 radical (unpaired) electrons. The van der Waals surface area contributed by atoms with Crippen LogP contribution in [0.15, 0.2) is 35.2 Å². The average molecular weight is 403 g/mol. The van der Waals surface area contributed by atoms with E-state index in [1.807, 2.05) is 58.0 Å². The Kier molecular flexibility index (Phi) is 6.01. The molecular formula is C22H32N3O2S+. The molecule has 3 rings (SSSR count). The number of para-hydroxylation sites is 2. The second-order valence-electron chi connectivity index (χ2n) is 7.80. The third-order valence-corrected chi connectivity index (χ3v) is 7.66. The number of likely N-dealkylation sites (N-methyl/N-ethyl adjacent to an activating group) is 1. The Bertz CT molecular complexity index is 936. The minimum absolute atomic E-state index is 0.403. The number of quaternary nitrogens is 1. The van der Waals surface area contributed by atoms with Crippen LogP contribution in [0.2, 0.25) is 0 Å².